The van der Waals surface area contributed by atoms with Crippen molar-refractivity contribution in [2.24, 2.45) is 0 Å². The summed E-state index contributed by atoms with van der Waals surface area (Å²) in [7, 11) is 0. The predicted octanol–water partition coefficient (Wildman–Crippen LogP) is 4.15. The summed E-state index contributed by atoms with van der Waals surface area (Å²) in [6, 6.07) is 4.60. The molecule has 1 N–H and O–H groups in total. The van der Waals surface area contributed by atoms with Crippen molar-refractivity contribution in [1.29, 1.82) is 0 Å². The Morgan fingerprint density at radius 3 is 2.95 bits per heavy atom. The molecule has 0 saturated heterocycles. The van der Waals surface area contributed by atoms with Crippen LogP contribution in [0.5, 0.6) is 0 Å². The summed E-state index contributed by atoms with van der Waals surface area (Å²) in [6.07, 6.45) is 2.86. The molecule has 0 atom stereocenters. The Kier molecular flexibility index (Phi) is 5.59. The SMILES string of the molecule is CCOCCCn1cc(C)nc1Nc1ccc(Cl)c(F)c1. The molecule has 21 heavy (non-hydrogen) atoms. The number of aromatic nitrogens is 2. The normalized spacial score (nSPS) is 10.9. The highest BCUT2D eigenvalue weighted by atomic mass is 35.5. The van der Waals surface area contributed by atoms with Crippen molar-refractivity contribution in [3.05, 3.63) is 40.9 Å². The Hall–Kier alpha value is -1.59. The summed E-state index contributed by atoms with van der Waals surface area (Å²) >= 11 is 5.68. The minimum absolute atomic E-state index is 0.108. The molecule has 0 amide bonds. The Labute approximate surface area is 128 Å². The highest BCUT2D eigenvalue weighted by Gasteiger charge is 2.07. The van der Waals surface area contributed by atoms with E-state index in [0.29, 0.717) is 18.2 Å². The Morgan fingerprint density at radius 2 is 2.24 bits per heavy atom. The van der Waals surface area contributed by atoms with Gasteiger partial charge in [0.1, 0.15) is 5.82 Å². The van der Waals surface area contributed by atoms with E-state index >= 15 is 0 Å². The standard InChI is InChI=1S/C15H19ClFN3O/c1-3-21-8-4-7-20-10-11(2)18-15(20)19-12-5-6-13(16)14(17)9-12/h5-6,9-10H,3-4,7-8H2,1-2H3,(H,18,19). The van der Waals surface area contributed by atoms with Crippen molar-refractivity contribution in [3.63, 3.8) is 0 Å². The van der Waals surface area contributed by atoms with Gasteiger partial charge >= 0.3 is 0 Å². The van der Waals surface area contributed by atoms with E-state index in [-0.39, 0.29) is 5.02 Å². The zero-order chi connectivity index (χ0) is 15.2. The van der Waals surface area contributed by atoms with Crippen LogP contribution in [-0.4, -0.2) is 22.8 Å². The van der Waals surface area contributed by atoms with E-state index in [4.69, 9.17) is 16.3 Å². The van der Waals surface area contributed by atoms with Gasteiger partial charge in [-0.3, -0.25) is 0 Å². The number of hydrogen-bond acceptors (Lipinski definition) is 3. The fourth-order valence-corrected chi connectivity index (χ4v) is 2.12. The van der Waals surface area contributed by atoms with Crippen LogP contribution in [0.1, 0.15) is 19.0 Å². The van der Waals surface area contributed by atoms with Gasteiger partial charge in [0.2, 0.25) is 5.95 Å². The van der Waals surface area contributed by atoms with Gasteiger partial charge in [0.25, 0.3) is 0 Å². The number of halogens is 2. The van der Waals surface area contributed by atoms with Gasteiger partial charge in [-0.2, -0.15) is 0 Å². The Bertz CT molecular complexity index is 601. The average molecular weight is 312 g/mol. The van der Waals surface area contributed by atoms with Gasteiger partial charge in [-0.25, -0.2) is 9.37 Å². The number of hydrogen-bond donors (Lipinski definition) is 1. The summed E-state index contributed by atoms with van der Waals surface area (Å²) in [5, 5.41) is 3.22. The van der Waals surface area contributed by atoms with Gasteiger partial charge in [-0.15, -0.1) is 0 Å². The summed E-state index contributed by atoms with van der Waals surface area (Å²) in [5.41, 5.74) is 1.52. The van der Waals surface area contributed by atoms with E-state index < -0.39 is 5.82 Å². The van der Waals surface area contributed by atoms with Crippen LogP contribution in [0.25, 0.3) is 0 Å². The number of nitrogens with one attached hydrogen (secondary N) is 1. The minimum Gasteiger partial charge on any atom is -0.382 e. The maximum Gasteiger partial charge on any atom is 0.207 e. The molecule has 0 radical (unpaired) electrons. The lowest BCUT2D eigenvalue weighted by Gasteiger charge is -2.10. The molecule has 0 fully saturated rings. The summed E-state index contributed by atoms with van der Waals surface area (Å²) in [5.74, 6) is 0.235. The number of aryl methyl sites for hydroxylation is 2. The maximum atomic E-state index is 13.5. The largest absolute Gasteiger partial charge is 0.382 e. The molecule has 4 nitrogen and oxygen atoms in total. The number of nitrogens with zero attached hydrogens (tertiary/aromatic N) is 2. The average Bonchev–Trinajstić information content (AvgIpc) is 2.79. The van der Waals surface area contributed by atoms with Gasteiger partial charge in [-0.05, 0) is 38.5 Å². The second kappa shape index (κ2) is 7.43. The highest BCUT2D eigenvalue weighted by molar-refractivity contribution is 6.30. The summed E-state index contributed by atoms with van der Waals surface area (Å²) < 4.78 is 20.8. The fraction of sp³-hybridized carbons (Fsp3) is 0.400. The number of anilines is 2. The number of benzene rings is 1. The topological polar surface area (TPSA) is 39.1 Å². The lowest BCUT2D eigenvalue weighted by atomic mass is 10.3. The van der Waals surface area contributed by atoms with Crippen molar-refractivity contribution in [2.75, 3.05) is 18.5 Å². The van der Waals surface area contributed by atoms with Crippen LogP contribution >= 0.6 is 11.6 Å². The molecular formula is C15H19ClFN3O. The first kappa shape index (κ1) is 15.8. The molecular weight excluding hydrogens is 293 g/mol. The van der Waals surface area contributed by atoms with Gasteiger partial charge in [0, 0.05) is 31.6 Å². The highest BCUT2D eigenvalue weighted by Crippen LogP contribution is 2.22. The zero-order valence-electron chi connectivity index (χ0n) is 12.2. The molecule has 1 aromatic heterocycles. The van der Waals surface area contributed by atoms with Crippen LogP contribution in [-0.2, 0) is 11.3 Å². The van der Waals surface area contributed by atoms with Crippen LogP contribution in [0, 0.1) is 12.7 Å². The lowest BCUT2D eigenvalue weighted by molar-refractivity contribution is 0.142. The Balaban J connectivity index is 2.06. The van der Waals surface area contributed by atoms with Gasteiger partial charge in [0.15, 0.2) is 0 Å². The Morgan fingerprint density at radius 1 is 1.43 bits per heavy atom. The molecule has 0 aliphatic heterocycles. The van der Waals surface area contributed by atoms with Crippen molar-refractivity contribution in [1.82, 2.24) is 9.55 Å². The molecule has 0 saturated carbocycles. The van der Waals surface area contributed by atoms with Crippen molar-refractivity contribution in [3.8, 4) is 0 Å². The molecule has 114 valence electrons. The van der Waals surface area contributed by atoms with Crippen LogP contribution in [0.3, 0.4) is 0 Å². The van der Waals surface area contributed by atoms with E-state index in [1.807, 2.05) is 24.6 Å². The summed E-state index contributed by atoms with van der Waals surface area (Å²) in [6.45, 7) is 6.12. The van der Waals surface area contributed by atoms with Gasteiger partial charge in [0.05, 0.1) is 10.7 Å². The van der Waals surface area contributed by atoms with Crippen LogP contribution in [0.15, 0.2) is 24.4 Å². The fourth-order valence-electron chi connectivity index (χ4n) is 2.00. The first-order chi connectivity index (χ1) is 10.1. The number of ether oxygens (including phenoxy) is 1. The zero-order valence-corrected chi connectivity index (χ0v) is 13.0. The van der Waals surface area contributed by atoms with Gasteiger partial charge < -0.3 is 14.6 Å². The van der Waals surface area contributed by atoms with E-state index in [2.05, 4.69) is 10.3 Å². The van der Waals surface area contributed by atoms with Crippen molar-refractivity contribution in [2.45, 2.75) is 26.8 Å². The molecule has 6 heteroatoms. The predicted molar refractivity (Wildman–Crippen MR) is 82.8 cm³/mol. The molecule has 0 aliphatic rings. The van der Waals surface area contributed by atoms with E-state index in [1.54, 1.807) is 6.07 Å². The molecule has 2 aromatic rings. The van der Waals surface area contributed by atoms with Crippen LogP contribution in [0.4, 0.5) is 16.0 Å². The van der Waals surface area contributed by atoms with Crippen molar-refractivity contribution < 1.29 is 9.13 Å². The third-order valence-electron chi connectivity index (χ3n) is 2.96. The third-order valence-corrected chi connectivity index (χ3v) is 3.27. The maximum absolute atomic E-state index is 13.5. The van der Waals surface area contributed by atoms with Crippen molar-refractivity contribution >= 4 is 23.2 Å². The summed E-state index contributed by atoms with van der Waals surface area (Å²) in [4.78, 5) is 4.41. The monoisotopic (exact) mass is 311 g/mol. The molecule has 2 rings (SSSR count). The van der Waals surface area contributed by atoms with Crippen LogP contribution < -0.4 is 5.32 Å². The van der Waals surface area contributed by atoms with E-state index in [0.717, 1.165) is 25.3 Å². The quantitative estimate of drug-likeness (QED) is 0.781. The number of imidazole rings is 1. The van der Waals surface area contributed by atoms with E-state index in [9.17, 15) is 4.39 Å². The second-order valence-corrected chi connectivity index (χ2v) is 5.11. The smallest absolute Gasteiger partial charge is 0.207 e. The number of rotatable bonds is 7. The van der Waals surface area contributed by atoms with Crippen LogP contribution in [0.2, 0.25) is 5.02 Å². The molecule has 0 bridgehead atoms. The first-order valence-electron chi connectivity index (χ1n) is 6.93. The molecule has 0 spiro atoms. The minimum atomic E-state index is -0.451. The lowest BCUT2D eigenvalue weighted by Crippen LogP contribution is -2.06. The molecule has 0 aliphatic carbocycles. The first-order valence-corrected chi connectivity index (χ1v) is 7.31. The molecule has 1 aromatic carbocycles. The van der Waals surface area contributed by atoms with Gasteiger partial charge in [-0.1, -0.05) is 11.6 Å². The molecule has 0 unspecified atom stereocenters. The van der Waals surface area contributed by atoms with E-state index in [1.165, 1.54) is 12.1 Å². The molecule has 1 heterocycles. The second-order valence-electron chi connectivity index (χ2n) is 4.70. The third kappa shape index (κ3) is 4.44.